The van der Waals surface area contributed by atoms with E-state index in [1.54, 1.807) is 26.5 Å². The van der Waals surface area contributed by atoms with Crippen LogP contribution in [-0.2, 0) is 11.3 Å². The summed E-state index contributed by atoms with van der Waals surface area (Å²) >= 11 is 0. The second kappa shape index (κ2) is 11.0. The van der Waals surface area contributed by atoms with Crippen LogP contribution in [0.1, 0.15) is 34.3 Å². The number of methoxy groups -OCH3 is 2. The standard InChI is InChI=1S/C28H31N3O4/c1-19-7-4-5-8-23(19)26-24(9-6-14-29-26)28(33)31-15-12-20(13-16-31)27(32)30-18-21-17-22(34-2)10-11-25(21)35-3/h4-11,14,17,20H,12-13,15-16,18H2,1-3H3,(H,30,32). The van der Waals surface area contributed by atoms with Crippen molar-refractivity contribution in [3.05, 3.63) is 77.5 Å². The molecule has 1 aliphatic rings. The van der Waals surface area contributed by atoms with Gasteiger partial charge in [-0.05, 0) is 55.7 Å². The van der Waals surface area contributed by atoms with E-state index < -0.39 is 0 Å². The maximum absolute atomic E-state index is 13.4. The predicted octanol–water partition coefficient (Wildman–Crippen LogP) is 4.24. The number of hydrogen-bond acceptors (Lipinski definition) is 5. The fraction of sp³-hybridized carbons (Fsp3) is 0.321. The smallest absolute Gasteiger partial charge is 0.256 e. The molecule has 35 heavy (non-hydrogen) atoms. The molecule has 0 spiro atoms. The molecular weight excluding hydrogens is 442 g/mol. The third-order valence-corrected chi connectivity index (χ3v) is 6.53. The predicted molar refractivity (Wildman–Crippen MR) is 134 cm³/mol. The van der Waals surface area contributed by atoms with Crippen molar-refractivity contribution in [2.45, 2.75) is 26.3 Å². The highest BCUT2D eigenvalue weighted by molar-refractivity contribution is 6.00. The molecule has 1 aromatic heterocycles. The third kappa shape index (κ3) is 5.45. The maximum Gasteiger partial charge on any atom is 0.256 e. The average Bonchev–Trinajstić information content (AvgIpc) is 2.91. The molecule has 0 bridgehead atoms. The third-order valence-electron chi connectivity index (χ3n) is 6.53. The van der Waals surface area contributed by atoms with Crippen molar-refractivity contribution in [1.82, 2.24) is 15.2 Å². The van der Waals surface area contributed by atoms with Crippen LogP contribution in [0.15, 0.2) is 60.8 Å². The van der Waals surface area contributed by atoms with Crippen LogP contribution in [0.2, 0.25) is 0 Å². The first kappa shape index (κ1) is 24.3. The van der Waals surface area contributed by atoms with Gasteiger partial charge in [0.1, 0.15) is 11.5 Å². The van der Waals surface area contributed by atoms with Crippen molar-refractivity contribution in [3.8, 4) is 22.8 Å². The quantitative estimate of drug-likeness (QED) is 0.555. The summed E-state index contributed by atoms with van der Waals surface area (Å²) in [5.74, 6) is 1.22. The minimum Gasteiger partial charge on any atom is -0.497 e. The molecule has 2 amide bonds. The first-order valence-corrected chi connectivity index (χ1v) is 11.8. The van der Waals surface area contributed by atoms with Crippen LogP contribution in [-0.4, -0.2) is 49.0 Å². The molecule has 1 fully saturated rings. The van der Waals surface area contributed by atoms with E-state index in [1.807, 2.05) is 60.4 Å². The van der Waals surface area contributed by atoms with E-state index in [0.717, 1.165) is 16.7 Å². The molecule has 1 saturated heterocycles. The Morgan fingerprint density at radius 3 is 2.51 bits per heavy atom. The van der Waals surface area contributed by atoms with Gasteiger partial charge in [-0.3, -0.25) is 14.6 Å². The van der Waals surface area contributed by atoms with Crippen molar-refractivity contribution in [3.63, 3.8) is 0 Å². The van der Waals surface area contributed by atoms with Gasteiger partial charge in [0.15, 0.2) is 0 Å². The highest BCUT2D eigenvalue weighted by atomic mass is 16.5. The molecule has 1 N–H and O–H groups in total. The fourth-order valence-corrected chi connectivity index (χ4v) is 4.49. The highest BCUT2D eigenvalue weighted by Crippen LogP contribution is 2.28. The van der Waals surface area contributed by atoms with Gasteiger partial charge >= 0.3 is 0 Å². The summed E-state index contributed by atoms with van der Waals surface area (Å²) < 4.78 is 10.7. The number of rotatable bonds is 7. The Morgan fingerprint density at radius 2 is 1.80 bits per heavy atom. The van der Waals surface area contributed by atoms with E-state index in [4.69, 9.17) is 9.47 Å². The number of carbonyl (C=O) groups is 2. The van der Waals surface area contributed by atoms with E-state index in [1.165, 1.54) is 0 Å². The lowest BCUT2D eigenvalue weighted by Crippen LogP contribution is -2.43. The number of hydrogen-bond donors (Lipinski definition) is 1. The van der Waals surface area contributed by atoms with E-state index in [-0.39, 0.29) is 17.7 Å². The fourth-order valence-electron chi connectivity index (χ4n) is 4.49. The van der Waals surface area contributed by atoms with Crippen LogP contribution >= 0.6 is 0 Å². The number of nitrogens with zero attached hydrogens (tertiary/aromatic N) is 2. The first-order valence-electron chi connectivity index (χ1n) is 11.8. The van der Waals surface area contributed by atoms with Gasteiger partial charge in [-0.15, -0.1) is 0 Å². The minimum atomic E-state index is -0.139. The number of ether oxygens (including phenoxy) is 2. The monoisotopic (exact) mass is 473 g/mol. The molecule has 7 heteroatoms. The molecule has 0 radical (unpaired) electrons. The van der Waals surface area contributed by atoms with E-state index in [2.05, 4.69) is 10.3 Å². The number of piperidine rings is 1. The normalized spacial score (nSPS) is 13.9. The second-order valence-electron chi connectivity index (χ2n) is 8.68. The number of nitrogens with one attached hydrogen (secondary N) is 1. The summed E-state index contributed by atoms with van der Waals surface area (Å²) in [6.45, 7) is 3.43. The zero-order valence-corrected chi connectivity index (χ0v) is 20.4. The molecule has 182 valence electrons. The van der Waals surface area contributed by atoms with Gasteiger partial charge in [0.25, 0.3) is 5.91 Å². The molecule has 0 aliphatic carbocycles. The number of aromatic nitrogens is 1. The summed E-state index contributed by atoms with van der Waals surface area (Å²) in [7, 11) is 3.21. The van der Waals surface area contributed by atoms with Crippen LogP contribution < -0.4 is 14.8 Å². The van der Waals surface area contributed by atoms with Crippen molar-refractivity contribution >= 4 is 11.8 Å². The van der Waals surface area contributed by atoms with Crippen molar-refractivity contribution in [1.29, 1.82) is 0 Å². The number of likely N-dealkylation sites (tertiary alicyclic amines) is 1. The Hall–Kier alpha value is -3.87. The average molecular weight is 474 g/mol. The Bertz CT molecular complexity index is 1200. The summed E-state index contributed by atoms with van der Waals surface area (Å²) in [6.07, 6.45) is 2.95. The van der Waals surface area contributed by atoms with Gasteiger partial charge in [0, 0.05) is 42.9 Å². The molecule has 2 aromatic carbocycles. The lowest BCUT2D eigenvalue weighted by molar-refractivity contribution is -0.126. The lowest BCUT2D eigenvalue weighted by atomic mass is 9.94. The molecule has 2 heterocycles. The summed E-state index contributed by atoms with van der Waals surface area (Å²) in [4.78, 5) is 32.6. The maximum atomic E-state index is 13.4. The van der Waals surface area contributed by atoms with Crippen LogP contribution in [0, 0.1) is 12.8 Å². The molecule has 3 aromatic rings. The van der Waals surface area contributed by atoms with Crippen molar-refractivity contribution in [2.75, 3.05) is 27.3 Å². The van der Waals surface area contributed by atoms with Gasteiger partial charge in [0.2, 0.25) is 5.91 Å². The molecule has 0 atom stereocenters. The van der Waals surface area contributed by atoms with Crippen LogP contribution in [0.5, 0.6) is 11.5 Å². The second-order valence-corrected chi connectivity index (χ2v) is 8.68. The van der Waals surface area contributed by atoms with Gasteiger partial charge in [-0.2, -0.15) is 0 Å². The summed E-state index contributed by atoms with van der Waals surface area (Å²) in [5.41, 5.74) is 4.17. The SMILES string of the molecule is COc1ccc(OC)c(CNC(=O)C2CCN(C(=O)c3cccnc3-c3ccccc3C)CC2)c1. The Kier molecular flexibility index (Phi) is 7.65. The zero-order chi connectivity index (χ0) is 24.8. The summed E-state index contributed by atoms with van der Waals surface area (Å²) in [6, 6.07) is 17.1. The van der Waals surface area contributed by atoms with Gasteiger partial charge < -0.3 is 19.7 Å². The molecular formula is C28H31N3O4. The number of benzene rings is 2. The van der Waals surface area contributed by atoms with Gasteiger partial charge in [0.05, 0.1) is 25.5 Å². The number of pyridine rings is 1. The molecule has 4 rings (SSSR count). The van der Waals surface area contributed by atoms with Crippen LogP contribution in [0.4, 0.5) is 0 Å². The molecule has 0 saturated carbocycles. The number of carbonyl (C=O) groups excluding carboxylic acids is 2. The zero-order valence-electron chi connectivity index (χ0n) is 20.4. The van der Waals surface area contributed by atoms with Gasteiger partial charge in [-0.1, -0.05) is 24.3 Å². The Morgan fingerprint density at radius 1 is 1.03 bits per heavy atom. The van der Waals surface area contributed by atoms with E-state index in [9.17, 15) is 9.59 Å². The molecule has 7 nitrogen and oxygen atoms in total. The van der Waals surface area contributed by atoms with Crippen LogP contribution in [0.3, 0.4) is 0 Å². The van der Waals surface area contributed by atoms with Crippen molar-refractivity contribution in [2.24, 2.45) is 5.92 Å². The van der Waals surface area contributed by atoms with E-state index >= 15 is 0 Å². The first-order chi connectivity index (χ1) is 17.0. The van der Waals surface area contributed by atoms with Gasteiger partial charge in [-0.25, -0.2) is 0 Å². The molecule has 1 aliphatic heterocycles. The number of amides is 2. The Balaban J connectivity index is 1.38. The Labute approximate surface area is 206 Å². The topological polar surface area (TPSA) is 80.8 Å². The number of aryl methyl sites for hydroxylation is 1. The molecule has 0 unspecified atom stereocenters. The lowest BCUT2D eigenvalue weighted by Gasteiger charge is -2.32. The largest absolute Gasteiger partial charge is 0.497 e. The van der Waals surface area contributed by atoms with E-state index in [0.29, 0.717) is 55.2 Å². The van der Waals surface area contributed by atoms with Crippen molar-refractivity contribution < 1.29 is 19.1 Å². The van der Waals surface area contributed by atoms with Crippen LogP contribution in [0.25, 0.3) is 11.3 Å². The summed E-state index contributed by atoms with van der Waals surface area (Å²) in [5, 5.41) is 3.02. The minimum absolute atomic E-state index is 0.0102. The highest BCUT2D eigenvalue weighted by Gasteiger charge is 2.29.